The third-order valence-electron chi connectivity index (χ3n) is 4.14. The van der Waals surface area contributed by atoms with Crippen LogP contribution in [0.5, 0.6) is 11.6 Å². The largest absolute Gasteiger partial charge is 0.439 e. The number of benzene rings is 2. The number of pyridine rings is 1. The lowest BCUT2D eigenvalue weighted by Crippen LogP contribution is -2.37. The number of nitrogens with one attached hydrogen (secondary N) is 2. The molecule has 0 aliphatic heterocycles. The number of ether oxygens (including phenoxy) is 1. The second-order valence-electron chi connectivity index (χ2n) is 6.26. The molecule has 0 saturated carbocycles. The minimum absolute atomic E-state index is 0.205. The van der Waals surface area contributed by atoms with Crippen LogP contribution in [0.15, 0.2) is 71.9 Å². The molecule has 0 amide bonds. The first-order chi connectivity index (χ1) is 14.1. The molecule has 2 aromatic carbocycles. The first-order valence-electron chi connectivity index (χ1n) is 9.20. The number of rotatable bonds is 7. The van der Waals surface area contributed by atoms with Crippen LogP contribution in [0.4, 0.5) is 8.78 Å². The van der Waals surface area contributed by atoms with Crippen molar-refractivity contribution in [2.45, 2.75) is 13.0 Å². The van der Waals surface area contributed by atoms with Gasteiger partial charge in [-0.2, -0.15) is 0 Å². The number of hydrogen-bond acceptors (Lipinski definition) is 3. The average molecular weight is 396 g/mol. The summed E-state index contributed by atoms with van der Waals surface area (Å²) in [6.45, 7) is 1.06. The minimum Gasteiger partial charge on any atom is -0.439 e. The van der Waals surface area contributed by atoms with E-state index < -0.39 is 0 Å². The maximum Gasteiger partial charge on any atom is 0.219 e. The van der Waals surface area contributed by atoms with E-state index in [4.69, 9.17) is 4.74 Å². The van der Waals surface area contributed by atoms with Crippen LogP contribution in [0, 0.1) is 11.6 Å². The van der Waals surface area contributed by atoms with Crippen molar-refractivity contribution in [2.75, 3.05) is 13.6 Å². The maximum absolute atomic E-state index is 13.6. The first kappa shape index (κ1) is 20.3. The second kappa shape index (κ2) is 10.2. The quantitative estimate of drug-likeness (QED) is 0.467. The van der Waals surface area contributed by atoms with Crippen molar-refractivity contribution >= 4 is 5.96 Å². The van der Waals surface area contributed by atoms with E-state index >= 15 is 0 Å². The summed E-state index contributed by atoms with van der Waals surface area (Å²) in [5.74, 6) is 0.817. The zero-order chi connectivity index (χ0) is 20.5. The molecule has 0 bridgehead atoms. The molecule has 0 aliphatic carbocycles. The van der Waals surface area contributed by atoms with Crippen LogP contribution in [-0.2, 0) is 13.0 Å². The summed E-state index contributed by atoms with van der Waals surface area (Å²) in [7, 11) is 1.67. The van der Waals surface area contributed by atoms with E-state index in [9.17, 15) is 8.78 Å². The van der Waals surface area contributed by atoms with E-state index in [1.807, 2.05) is 12.1 Å². The lowest BCUT2D eigenvalue weighted by Gasteiger charge is -2.12. The summed E-state index contributed by atoms with van der Waals surface area (Å²) < 4.78 is 32.4. The Bertz CT molecular complexity index is 961. The number of aromatic nitrogens is 1. The van der Waals surface area contributed by atoms with Gasteiger partial charge in [0, 0.05) is 38.5 Å². The normalized spacial score (nSPS) is 11.2. The number of hydrogen-bond donors (Lipinski definition) is 2. The summed E-state index contributed by atoms with van der Waals surface area (Å²) in [6, 6.07) is 16.2. The Morgan fingerprint density at radius 2 is 1.90 bits per heavy atom. The first-order valence-corrected chi connectivity index (χ1v) is 9.20. The van der Waals surface area contributed by atoms with Gasteiger partial charge in [0.25, 0.3) is 0 Å². The molecular formula is C22H22F2N4O. The molecule has 0 unspecified atom stereocenters. The Labute approximate surface area is 168 Å². The maximum atomic E-state index is 13.6. The van der Waals surface area contributed by atoms with E-state index in [0.717, 1.165) is 5.56 Å². The second-order valence-corrected chi connectivity index (χ2v) is 6.26. The van der Waals surface area contributed by atoms with Gasteiger partial charge in [-0.25, -0.2) is 13.8 Å². The molecule has 0 radical (unpaired) electrons. The molecule has 150 valence electrons. The highest BCUT2D eigenvalue weighted by Crippen LogP contribution is 2.19. The van der Waals surface area contributed by atoms with Gasteiger partial charge in [-0.15, -0.1) is 0 Å². The number of guanidine groups is 1. The van der Waals surface area contributed by atoms with Crippen molar-refractivity contribution in [3.8, 4) is 11.6 Å². The van der Waals surface area contributed by atoms with Gasteiger partial charge < -0.3 is 15.4 Å². The number of halogens is 2. The number of aliphatic imine (C=N–C) groups is 1. The molecule has 0 atom stereocenters. The highest BCUT2D eigenvalue weighted by Gasteiger charge is 2.04. The van der Waals surface area contributed by atoms with Gasteiger partial charge in [0.15, 0.2) is 5.96 Å². The van der Waals surface area contributed by atoms with Crippen LogP contribution in [0.25, 0.3) is 0 Å². The van der Waals surface area contributed by atoms with Gasteiger partial charge >= 0.3 is 0 Å². The third kappa shape index (κ3) is 6.27. The predicted octanol–water partition coefficient (Wildman–Crippen LogP) is 4.06. The molecule has 3 rings (SSSR count). The molecule has 0 aliphatic rings. The fourth-order valence-corrected chi connectivity index (χ4v) is 2.65. The Morgan fingerprint density at radius 3 is 2.62 bits per heavy atom. The highest BCUT2D eigenvalue weighted by atomic mass is 19.1. The molecule has 0 fully saturated rings. The molecular weight excluding hydrogens is 374 g/mol. The van der Waals surface area contributed by atoms with Crippen molar-refractivity contribution in [3.05, 3.63) is 89.6 Å². The Balaban J connectivity index is 1.46. The van der Waals surface area contributed by atoms with E-state index in [1.54, 1.807) is 43.6 Å². The van der Waals surface area contributed by atoms with Crippen LogP contribution < -0.4 is 15.4 Å². The smallest absolute Gasteiger partial charge is 0.219 e. The van der Waals surface area contributed by atoms with E-state index in [-0.39, 0.29) is 11.6 Å². The van der Waals surface area contributed by atoms with Gasteiger partial charge in [-0.1, -0.05) is 30.3 Å². The van der Waals surface area contributed by atoms with Gasteiger partial charge in [0.05, 0.1) is 0 Å². The predicted molar refractivity (Wildman–Crippen MR) is 109 cm³/mol. The Morgan fingerprint density at radius 1 is 1.03 bits per heavy atom. The van der Waals surface area contributed by atoms with Crippen molar-refractivity contribution in [1.82, 2.24) is 15.6 Å². The van der Waals surface area contributed by atoms with Crippen molar-refractivity contribution in [1.29, 1.82) is 0 Å². The van der Waals surface area contributed by atoms with Crippen LogP contribution in [0.2, 0.25) is 0 Å². The molecule has 2 N–H and O–H groups in total. The Hall–Kier alpha value is -3.48. The molecule has 3 aromatic rings. The Kier molecular flexibility index (Phi) is 7.10. The van der Waals surface area contributed by atoms with E-state index in [2.05, 4.69) is 20.6 Å². The van der Waals surface area contributed by atoms with Crippen LogP contribution in [0.3, 0.4) is 0 Å². The van der Waals surface area contributed by atoms with Crippen molar-refractivity contribution < 1.29 is 13.5 Å². The fraction of sp³-hybridized carbons (Fsp3) is 0.182. The van der Waals surface area contributed by atoms with Crippen LogP contribution in [0.1, 0.15) is 11.1 Å². The average Bonchev–Trinajstić information content (AvgIpc) is 2.73. The van der Waals surface area contributed by atoms with Gasteiger partial charge in [-0.05, 0) is 35.7 Å². The zero-order valence-electron chi connectivity index (χ0n) is 16.0. The van der Waals surface area contributed by atoms with Gasteiger partial charge in [-0.3, -0.25) is 4.99 Å². The molecule has 1 heterocycles. The highest BCUT2D eigenvalue weighted by molar-refractivity contribution is 5.79. The van der Waals surface area contributed by atoms with Gasteiger partial charge in [0.1, 0.15) is 17.4 Å². The topological polar surface area (TPSA) is 58.5 Å². The summed E-state index contributed by atoms with van der Waals surface area (Å²) in [5, 5.41) is 6.33. The summed E-state index contributed by atoms with van der Waals surface area (Å²) in [6.07, 6.45) is 2.23. The monoisotopic (exact) mass is 396 g/mol. The molecule has 0 saturated heterocycles. The SMILES string of the molecule is CN=C(NCCc1ccccc1F)NCc1ccc(Oc2cccc(F)c2)nc1. The number of nitrogens with zero attached hydrogens (tertiary/aromatic N) is 2. The van der Waals surface area contributed by atoms with Crippen LogP contribution in [-0.4, -0.2) is 24.5 Å². The zero-order valence-corrected chi connectivity index (χ0v) is 16.0. The van der Waals surface area contributed by atoms with Crippen molar-refractivity contribution in [3.63, 3.8) is 0 Å². The fourth-order valence-electron chi connectivity index (χ4n) is 2.65. The minimum atomic E-state index is -0.364. The van der Waals surface area contributed by atoms with Gasteiger partial charge in [0.2, 0.25) is 5.88 Å². The standard InChI is InChI=1S/C22H22F2N4O/c1-25-22(26-12-11-17-5-2-3-8-20(17)24)28-15-16-9-10-21(27-14-16)29-19-7-4-6-18(23)13-19/h2-10,13-14H,11-12,15H2,1H3,(H2,25,26,28). The van der Waals surface area contributed by atoms with Crippen LogP contribution >= 0.6 is 0 Å². The van der Waals surface area contributed by atoms with E-state index in [0.29, 0.717) is 42.7 Å². The summed E-state index contributed by atoms with van der Waals surface area (Å²) in [5.41, 5.74) is 1.59. The molecule has 29 heavy (non-hydrogen) atoms. The summed E-state index contributed by atoms with van der Waals surface area (Å²) in [4.78, 5) is 8.39. The molecule has 1 aromatic heterocycles. The molecule has 7 heteroatoms. The molecule has 0 spiro atoms. The van der Waals surface area contributed by atoms with Crippen molar-refractivity contribution in [2.24, 2.45) is 4.99 Å². The summed E-state index contributed by atoms with van der Waals surface area (Å²) >= 11 is 0. The van der Waals surface area contributed by atoms with E-state index in [1.165, 1.54) is 18.2 Å². The molecule has 5 nitrogen and oxygen atoms in total. The third-order valence-corrected chi connectivity index (χ3v) is 4.14. The lowest BCUT2D eigenvalue weighted by atomic mass is 10.1. The lowest BCUT2D eigenvalue weighted by molar-refractivity contribution is 0.457.